The molecule has 17 heavy (non-hydrogen) atoms. The molecule has 1 unspecified atom stereocenters. The maximum absolute atomic E-state index is 11.9. The lowest BCUT2D eigenvalue weighted by molar-refractivity contribution is -0.117. The Kier molecular flexibility index (Phi) is 4.67. The van der Waals surface area contributed by atoms with Gasteiger partial charge in [0, 0.05) is 18.1 Å². The summed E-state index contributed by atoms with van der Waals surface area (Å²) in [6.45, 7) is 0.866. The van der Waals surface area contributed by atoms with E-state index in [-0.39, 0.29) is 11.9 Å². The van der Waals surface area contributed by atoms with E-state index in [1.807, 2.05) is 0 Å². The fourth-order valence-electron chi connectivity index (χ4n) is 1.45. The molecule has 1 fully saturated rings. The second-order valence-electron chi connectivity index (χ2n) is 3.57. The first-order valence-electron chi connectivity index (χ1n) is 5.10. The van der Waals surface area contributed by atoms with Gasteiger partial charge in [-0.1, -0.05) is 11.6 Å². The second-order valence-corrected chi connectivity index (χ2v) is 5.93. The summed E-state index contributed by atoms with van der Waals surface area (Å²) in [5, 5.41) is 6.37. The predicted octanol–water partition coefficient (Wildman–Crippen LogP) is 2.14. The first-order chi connectivity index (χ1) is 8.16. The molecule has 1 aromatic heterocycles. The number of thioether (sulfide) groups is 1. The average molecular weight is 337 g/mol. The molecule has 1 aliphatic heterocycles. The van der Waals surface area contributed by atoms with Gasteiger partial charge in [-0.25, -0.2) is 4.98 Å². The van der Waals surface area contributed by atoms with Crippen LogP contribution in [0.4, 0.5) is 5.69 Å². The zero-order chi connectivity index (χ0) is 12.3. The van der Waals surface area contributed by atoms with Crippen LogP contribution in [0.1, 0.15) is 0 Å². The lowest BCUT2D eigenvalue weighted by Crippen LogP contribution is -2.46. The molecule has 1 aliphatic rings. The van der Waals surface area contributed by atoms with E-state index in [0.717, 1.165) is 18.1 Å². The van der Waals surface area contributed by atoms with Crippen molar-refractivity contribution in [2.45, 2.75) is 6.04 Å². The predicted molar refractivity (Wildman–Crippen MR) is 74.7 cm³/mol. The van der Waals surface area contributed by atoms with Crippen LogP contribution in [0.2, 0.25) is 5.15 Å². The van der Waals surface area contributed by atoms with Crippen LogP contribution in [-0.2, 0) is 4.79 Å². The van der Waals surface area contributed by atoms with Crippen LogP contribution in [0.15, 0.2) is 16.7 Å². The fourth-order valence-corrected chi connectivity index (χ4v) is 2.84. The van der Waals surface area contributed by atoms with Crippen LogP contribution in [-0.4, -0.2) is 35.0 Å². The third-order valence-corrected chi connectivity index (χ3v) is 4.50. The van der Waals surface area contributed by atoms with E-state index >= 15 is 0 Å². The van der Waals surface area contributed by atoms with Gasteiger partial charge in [0.15, 0.2) is 0 Å². The van der Waals surface area contributed by atoms with Gasteiger partial charge in [0.1, 0.15) is 5.15 Å². The maximum Gasteiger partial charge on any atom is 0.242 e. The first kappa shape index (κ1) is 13.1. The third-order valence-electron chi connectivity index (χ3n) is 2.30. The summed E-state index contributed by atoms with van der Waals surface area (Å²) >= 11 is 10.8. The molecule has 92 valence electrons. The zero-order valence-electron chi connectivity index (χ0n) is 8.87. The molecule has 2 N–H and O–H groups in total. The molecule has 7 heteroatoms. The Morgan fingerprint density at radius 1 is 1.71 bits per heavy atom. The summed E-state index contributed by atoms with van der Waals surface area (Å²) in [5.41, 5.74) is 0.642. The molecule has 0 spiro atoms. The summed E-state index contributed by atoms with van der Waals surface area (Å²) in [6.07, 6.45) is 1.54. The van der Waals surface area contributed by atoms with Gasteiger partial charge in [-0.2, -0.15) is 11.8 Å². The quantitative estimate of drug-likeness (QED) is 0.813. The Morgan fingerprint density at radius 3 is 3.18 bits per heavy atom. The summed E-state index contributed by atoms with van der Waals surface area (Å²) in [5.74, 6) is 1.82. The molecule has 0 bridgehead atoms. The number of carbonyl (C=O) groups is 1. The highest BCUT2D eigenvalue weighted by molar-refractivity contribution is 9.10. The van der Waals surface area contributed by atoms with E-state index < -0.39 is 0 Å². The number of nitrogens with zero attached hydrogens (tertiary/aromatic N) is 1. The van der Waals surface area contributed by atoms with Gasteiger partial charge in [0.2, 0.25) is 5.91 Å². The molecule has 2 heterocycles. The van der Waals surface area contributed by atoms with E-state index in [1.165, 1.54) is 0 Å². The molecule has 0 aromatic carbocycles. The molecule has 2 rings (SSSR count). The SMILES string of the molecule is O=C(Nc1cnc(Cl)c(Br)c1)C1CSCCN1. The van der Waals surface area contributed by atoms with E-state index in [0.29, 0.717) is 15.3 Å². The van der Waals surface area contributed by atoms with Crippen molar-refractivity contribution >= 4 is 50.9 Å². The summed E-state index contributed by atoms with van der Waals surface area (Å²) in [6, 6.07) is 1.60. The van der Waals surface area contributed by atoms with Crippen LogP contribution in [0.5, 0.6) is 0 Å². The molecule has 1 atom stereocenters. The second kappa shape index (κ2) is 6.04. The third kappa shape index (κ3) is 3.58. The van der Waals surface area contributed by atoms with Crippen LogP contribution in [0, 0.1) is 0 Å². The Labute approximate surface area is 117 Å². The fraction of sp³-hybridized carbons (Fsp3) is 0.400. The number of nitrogens with one attached hydrogen (secondary N) is 2. The molecule has 4 nitrogen and oxygen atoms in total. The number of pyridine rings is 1. The highest BCUT2D eigenvalue weighted by Crippen LogP contribution is 2.23. The van der Waals surface area contributed by atoms with Gasteiger partial charge in [-0.05, 0) is 22.0 Å². The normalized spacial score (nSPS) is 20.0. The van der Waals surface area contributed by atoms with Gasteiger partial charge in [0.05, 0.1) is 22.4 Å². The van der Waals surface area contributed by atoms with Gasteiger partial charge in [-0.15, -0.1) is 0 Å². The lowest BCUT2D eigenvalue weighted by atomic mass is 10.3. The minimum Gasteiger partial charge on any atom is -0.323 e. The highest BCUT2D eigenvalue weighted by atomic mass is 79.9. The standard InChI is InChI=1S/C10H11BrClN3OS/c11-7-3-6(4-14-9(7)12)15-10(16)8-5-17-2-1-13-8/h3-4,8,13H,1-2,5H2,(H,15,16). The minimum absolute atomic E-state index is 0.0341. The van der Waals surface area contributed by atoms with Gasteiger partial charge in [-0.3, -0.25) is 4.79 Å². The molecular formula is C10H11BrClN3OS. The van der Waals surface area contributed by atoms with Crippen LogP contribution < -0.4 is 10.6 Å². The van der Waals surface area contributed by atoms with Crippen LogP contribution in [0.3, 0.4) is 0 Å². The largest absolute Gasteiger partial charge is 0.323 e. The minimum atomic E-state index is -0.136. The van der Waals surface area contributed by atoms with Crippen molar-refractivity contribution in [1.29, 1.82) is 0 Å². The number of rotatable bonds is 2. The van der Waals surface area contributed by atoms with E-state index in [4.69, 9.17) is 11.6 Å². The lowest BCUT2D eigenvalue weighted by Gasteiger charge is -2.22. The maximum atomic E-state index is 11.9. The molecule has 1 saturated heterocycles. The molecule has 1 aromatic rings. The van der Waals surface area contributed by atoms with Crippen molar-refractivity contribution < 1.29 is 4.79 Å². The Balaban J connectivity index is 1.99. The molecule has 1 amide bonds. The van der Waals surface area contributed by atoms with Crippen molar-refractivity contribution in [3.8, 4) is 0 Å². The van der Waals surface area contributed by atoms with E-state index in [1.54, 1.807) is 24.0 Å². The van der Waals surface area contributed by atoms with Crippen molar-refractivity contribution in [3.63, 3.8) is 0 Å². The summed E-state index contributed by atoms with van der Waals surface area (Å²) in [4.78, 5) is 15.9. The van der Waals surface area contributed by atoms with E-state index in [9.17, 15) is 4.79 Å². The summed E-state index contributed by atoms with van der Waals surface area (Å²) < 4.78 is 0.669. The number of hydrogen-bond donors (Lipinski definition) is 2. The topological polar surface area (TPSA) is 54.0 Å². The van der Waals surface area contributed by atoms with Crippen LogP contribution in [0.25, 0.3) is 0 Å². The number of carbonyl (C=O) groups excluding carboxylic acids is 1. The summed E-state index contributed by atoms with van der Waals surface area (Å²) in [7, 11) is 0. The number of hydrogen-bond acceptors (Lipinski definition) is 4. The highest BCUT2D eigenvalue weighted by Gasteiger charge is 2.20. The van der Waals surface area contributed by atoms with Crippen molar-refractivity contribution in [2.24, 2.45) is 0 Å². The molecule has 0 saturated carbocycles. The Morgan fingerprint density at radius 2 is 2.53 bits per heavy atom. The van der Waals surface area contributed by atoms with Crippen molar-refractivity contribution in [2.75, 3.05) is 23.4 Å². The molecule has 0 radical (unpaired) electrons. The number of amides is 1. The number of anilines is 1. The zero-order valence-corrected chi connectivity index (χ0v) is 12.0. The van der Waals surface area contributed by atoms with Gasteiger partial charge >= 0.3 is 0 Å². The smallest absolute Gasteiger partial charge is 0.242 e. The van der Waals surface area contributed by atoms with Gasteiger partial charge < -0.3 is 10.6 Å². The number of halogens is 2. The number of aromatic nitrogens is 1. The molecule has 0 aliphatic carbocycles. The van der Waals surface area contributed by atoms with Crippen molar-refractivity contribution in [1.82, 2.24) is 10.3 Å². The Bertz CT molecular complexity index is 426. The van der Waals surface area contributed by atoms with Crippen LogP contribution >= 0.6 is 39.3 Å². The Hall–Kier alpha value is -0.300. The average Bonchev–Trinajstić information content (AvgIpc) is 2.35. The van der Waals surface area contributed by atoms with Gasteiger partial charge in [0.25, 0.3) is 0 Å². The van der Waals surface area contributed by atoms with E-state index in [2.05, 4.69) is 31.5 Å². The van der Waals surface area contributed by atoms with Crippen molar-refractivity contribution in [3.05, 3.63) is 21.9 Å². The monoisotopic (exact) mass is 335 g/mol. The molecular weight excluding hydrogens is 326 g/mol. The first-order valence-corrected chi connectivity index (χ1v) is 7.42.